The quantitative estimate of drug-likeness (QED) is 0.339. The normalized spacial score (nSPS) is 18.1. The Morgan fingerprint density at radius 1 is 1.19 bits per heavy atom. The minimum absolute atomic E-state index is 0.0120. The van der Waals surface area contributed by atoms with E-state index in [9.17, 15) is 34.8 Å². The number of aliphatic hydroxyl groups excluding tert-OH is 2. The number of amides is 1. The number of hydrogen-bond acceptors (Lipinski definition) is 7. The van der Waals surface area contributed by atoms with Crippen LogP contribution in [0.15, 0.2) is 12.1 Å². The van der Waals surface area contributed by atoms with Crippen LogP contribution >= 0.6 is 0 Å². The molecule has 0 aliphatic heterocycles. The fraction of sp³-hybridized carbons (Fsp3) is 0.625. The van der Waals surface area contributed by atoms with Gasteiger partial charge in [-0.25, -0.2) is 0 Å². The maximum Gasteiger partial charge on any atom is 0.224 e. The molecule has 0 saturated heterocycles. The van der Waals surface area contributed by atoms with Gasteiger partial charge in [-0.15, -0.1) is 0 Å². The molecule has 1 amide bonds. The van der Waals surface area contributed by atoms with Crippen LogP contribution in [0.25, 0.3) is 0 Å². The van der Waals surface area contributed by atoms with Crippen molar-refractivity contribution in [3.63, 3.8) is 0 Å². The van der Waals surface area contributed by atoms with Crippen molar-refractivity contribution in [2.75, 3.05) is 13.2 Å². The first kappa shape index (κ1) is 27.7. The second kappa shape index (κ2) is 12.7. The summed E-state index contributed by atoms with van der Waals surface area (Å²) in [6.07, 6.45) is 2.67. The number of hydrogen-bond donors (Lipinski definition) is 5. The van der Waals surface area contributed by atoms with Crippen molar-refractivity contribution >= 4 is 17.5 Å². The summed E-state index contributed by atoms with van der Waals surface area (Å²) < 4.78 is 0. The maximum absolute atomic E-state index is 12.6. The van der Waals surface area contributed by atoms with Gasteiger partial charge in [0.25, 0.3) is 0 Å². The van der Waals surface area contributed by atoms with Crippen LogP contribution in [-0.4, -0.2) is 56.7 Å². The highest BCUT2D eigenvalue weighted by Gasteiger charge is 2.44. The van der Waals surface area contributed by atoms with Gasteiger partial charge in [0.05, 0.1) is 18.6 Å². The summed E-state index contributed by atoms with van der Waals surface area (Å²) in [4.78, 5) is 36.0. The molecule has 1 aromatic rings. The smallest absolute Gasteiger partial charge is 0.224 e. The van der Waals surface area contributed by atoms with Crippen molar-refractivity contribution < 1.29 is 34.8 Å². The lowest BCUT2D eigenvalue weighted by Crippen LogP contribution is -2.51. The van der Waals surface area contributed by atoms with Crippen molar-refractivity contribution in [2.45, 2.75) is 71.3 Å². The number of unbranched alkanes of at least 4 members (excludes halogenated alkanes) is 1. The Hall–Kier alpha value is -2.29. The molecule has 2 rings (SSSR count). The highest BCUT2D eigenvalue weighted by atomic mass is 16.3. The van der Waals surface area contributed by atoms with Crippen LogP contribution in [0, 0.1) is 18.8 Å². The number of Topliss-reactive ketones (excluding diaryl/α,β-unsaturated/α-hetero) is 2. The molecule has 32 heavy (non-hydrogen) atoms. The zero-order valence-electron chi connectivity index (χ0n) is 19.3. The summed E-state index contributed by atoms with van der Waals surface area (Å²) in [5, 5.41) is 39.9. The average Bonchev–Trinajstić information content (AvgIpc) is 2.75. The van der Waals surface area contributed by atoms with Crippen molar-refractivity contribution in [2.24, 2.45) is 17.6 Å². The Kier molecular flexibility index (Phi) is 11.0. The summed E-state index contributed by atoms with van der Waals surface area (Å²) in [5.74, 6) is -3.24. The third kappa shape index (κ3) is 6.85. The molecule has 1 aliphatic carbocycles. The molecule has 0 fully saturated rings. The second-order valence-electron chi connectivity index (χ2n) is 8.55. The number of nitrogens with two attached hydrogens (primary N) is 1. The third-order valence-corrected chi connectivity index (χ3v) is 6.10. The number of fused-ring (bicyclic) bond motifs is 1. The molecule has 0 radical (unpaired) electrons. The summed E-state index contributed by atoms with van der Waals surface area (Å²) in [6, 6.07) is 3.20. The van der Waals surface area contributed by atoms with E-state index in [0.29, 0.717) is 12.0 Å². The van der Waals surface area contributed by atoms with E-state index in [1.165, 1.54) is 18.9 Å². The number of ketones is 2. The number of carbonyl (C=O) groups excluding carboxylic acids is 3. The van der Waals surface area contributed by atoms with Gasteiger partial charge < -0.3 is 26.2 Å². The Balaban J connectivity index is 0.00000118. The van der Waals surface area contributed by atoms with E-state index >= 15 is 0 Å². The second-order valence-corrected chi connectivity index (χ2v) is 8.55. The zero-order chi connectivity index (χ0) is 24.5. The molecule has 0 aromatic heterocycles. The topological polar surface area (TPSA) is 158 Å². The molecule has 8 nitrogen and oxygen atoms in total. The SMILES string of the molecule is CCCC.Cc1ccc(O)c2c1C[C@@H](C[C@@H](CCO)[C@](O)(CO)C(=O)CC(N)=O)CC2=O. The summed E-state index contributed by atoms with van der Waals surface area (Å²) in [7, 11) is 0. The number of benzene rings is 1. The molecule has 0 saturated carbocycles. The van der Waals surface area contributed by atoms with E-state index in [1.807, 2.05) is 6.92 Å². The molecule has 1 aliphatic rings. The first-order valence-corrected chi connectivity index (χ1v) is 11.2. The van der Waals surface area contributed by atoms with Crippen LogP contribution in [0.5, 0.6) is 5.75 Å². The van der Waals surface area contributed by atoms with Gasteiger partial charge in [0.15, 0.2) is 11.6 Å². The standard InChI is InChI=1S/C20H27NO7.C4H10/c1-11-2-3-15(24)19-14(11)7-12(8-16(19)25)6-13(4-5-22)20(28,10-23)17(26)9-18(21)27;1-3-4-2/h2-3,12-13,22-24,28H,4-10H2,1H3,(H2,21,27);3-4H2,1-2H3/t12-,13-,20-;/m1./s1. The number of aryl methyl sites for hydroxylation is 1. The molecule has 8 heteroatoms. The van der Waals surface area contributed by atoms with Gasteiger partial charge >= 0.3 is 0 Å². The number of phenolic OH excluding ortho intramolecular Hbond substituents is 1. The third-order valence-electron chi connectivity index (χ3n) is 6.10. The molecular formula is C24H37NO7. The fourth-order valence-electron chi connectivity index (χ4n) is 4.07. The zero-order valence-corrected chi connectivity index (χ0v) is 19.3. The van der Waals surface area contributed by atoms with E-state index in [4.69, 9.17) is 5.73 Å². The van der Waals surface area contributed by atoms with Crippen molar-refractivity contribution in [1.29, 1.82) is 0 Å². The van der Waals surface area contributed by atoms with Gasteiger partial charge in [0.2, 0.25) is 5.91 Å². The highest BCUT2D eigenvalue weighted by molar-refractivity contribution is 6.02. The minimum Gasteiger partial charge on any atom is -0.507 e. The van der Waals surface area contributed by atoms with Gasteiger partial charge in [-0.3, -0.25) is 14.4 Å². The number of aliphatic hydroxyl groups is 3. The average molecular weight is 452 g/mol. The lowest BCUT2D eigenvalue weighted by atomic mass is 9.71. The lowest BCUT2D eigenvalue weighted by Gasteiger charge is -2.36. The number of aromatic hydroxyl groups is 1. The van der Waals surface area contributed by atoms with Crippen LogP contribution in [0.4, 0.5) is 0 Å². The summed E-state index contributed by atoms with van der Waals surface area (Å²) in [6.45, 7) is 4.94. The van der Waals surface area contributed by atoms with Crippen molar-refractivity contribution in [3.05, 3.63) is 28.8 Å². The molecule has 0 bridgehead atoms. The van der Waals surface area contributed by atoms with E-state index in [0.717, 1.165) is 11.1 Å². The monoisotopic (exact) mass is 451 g/mol. The molecule has 3 atom stereocenters. The van der Waals surface area contributed by atoms with Crippen LogP contribution in [0.1, 0.15) is 73.9 Å². The van der Waals surface area contributed by atoms with Crippen LogP contribution in [0.3, 0.4) is 0 Å². The lowest BCUT2D eigenvalue weighted by molar-refractivity contribution is -0.153. The summed E-state index contributed by atoms with van der Waals surface area (Å²) >= 11 is 0. The van der Waals surface area contributed by atoms with Gasteiger partial charge in [0.1, 0.15) is 11.4 Å². The van der Waals surface area contributed by atoms with Gasteiger partial charge in [-0.2, -0.15) is 0 Å². The highest BCUT2D eigenvalue weighted by Crippen LogP contribution is 2.38. The van der Waals surface area contributed by atoms with E-state index in [2.05, 4.69) is 13.8 Å². The fourth-order valence-corrected chi connectivity index (χ4v) is 4.07. The van der Waals surface area contributed by atoms with E-state index < -0.39 is 36.2 Å². The molecule has 0 unspecified atom stereocenters. The van der Waals surface area contributed by atoms with Gasteiger partial charge in [-0.1, -0.05) is 32.8 Å². The Labute approximate surface area is 189 Å². The number of primary amides is 1. The maximum atomic E-state index is 12.6. The van der Waals surface area contributed by atoms with Gasteiger partial charge in [-0.05, 0) is 55.2 Å². The Morgan fingerprint density at radius 3 is 2.31 bits per heavy atom. The molecule has 0 heterocycles. The van der Waals surface area contributed by atoms with Crippen LogP contribution in [0.2, 0.25) is 0 Å². The Bertz CT molecular complexity index is 806. The molecule has 1 aromatic carbocycles. The van der Waals surface area contributed by atoms with E-state index in [1.54, 1.807) is 6.07 Å². The predicted octanol–water partition coefficient (Wildman–Crippen LogP) is 1.81. The first-order chi connectivity index (χ1) is 15.0. The molecule has 180 valence electrons. The summed E-state index contributed by atoms with van der Waals surface area (Å²) in [5.41, 5.74) is 4.69. The van der Waals surface area contributed by atoms with Crippen LogP contribution in [-0.2, 0) is 16.0 Å². The number of carbonyl (C=O) groups is 3. The van der Waals surface area contributed by atoms with Gasteiger partial charge in [0, 0.05) is 13.0 Å². The van der Waals surface area contributed by atoms with Crippen molar-refractivity contribution in [3.8, 4) is 5.75 Å². The molecule has 6 N–H and O–H groups in total. The molecular weight excluding hydrogens is 414 g/mol. The van der Waals surface area contributed by atoms with E-state index in [-0.39, 0.29) is 43.3 Å². The minimum atomic E-state index is -2.23. The Morgan fingerprint density at radius 2 is 1.81 bits per heavy atom. The first-order valence-electron chi connectivity index (χ1n) is 11.2. The largest absolute Gasteiger partial charge is 0.507 e. The predicted molar refractivity (Wildman–Crippen MR) is 120 cm³/mol. The number of phenols is 1. The number of rotatable bonds is 10. The molecule has 0 spiro atoms. The van der Waals surface area contributed by atoms with Crippen molar-refractivity contribution in [1.82, 2.24) is 0 Å². The van der Waals surface area contributed by atoms with Crippen LogP contribution < -0.4 is 5.73 Å².